The third-order valence-electron chi connectivity index (χ3n) is 4.33. The molecule has 7 heteroatoms. The minimum Gasteiger partial charge on any atom is -0.494 e. The third kappa shape index (κ3) is 3.72. The molecule has 7 nitrogen and oxygen atoms in total. The van der Waals surface area contributed by atoms with Crippen LogP contribution in [0, 0.1) is 19.8 Å². The molecule has 0 bridgehead atoms. The van der Waals surface area contributed by atoms with Gasteiger partial charge in [-0.2, -0.15) is 0 Å². The van der Waals surface area contributed by atoms with Gasteiger partial charge in [0.05, 0.1) is 7.11 Å². The molecule has 2 aromatic heterocycles. The number of nitrogens with one attached hydrogen (secondary N) is 1. The molecule has 1 fully saturated rings. The van der Waals surface area contributed by atoms with Crippen LogP contribution >= 0.6 is 0 Å². The number of nitrogens with zero attached hydrogens (tertiary/aromatic N) is 3. The zero-order chi connectivity index (χ0) is 17.1. The van der Waals surface area contributed by atoms with Gasteiger partial charge in [0, 0.05) is 25.6 Å². The van der Waals surface area contributed by atoms with Crippen LogP contribution in [0.3, 0.4) is 0 Å². The monoisotopic (exact) mass is 330 g/mol. The fourth-order valence-corrected chi connectivity index (χ4v) is 3.18. The van der Waals surface area contributed by atoms with Crippen LogP contribution in [0.2, 0.25) is 0 Å². The quantitative estimate of drug-likeness (QED) is 0.904. The SMILES string of the molecule is COc1cc(C)cnc1C(=O)N[C@H]1CC[C@@H](Cc2nnc(C)o2)C1. The van der Waals surface area contributed by atoms with Crippen LogP contribution in [0.4, 0.5) is 0 Å². The van der Waals surface area contributed by atoms with Crippen LogP contribution in [0.1, 0.15) is 47.1 Å². The molecule has 2 aromatic rings. The molecule has 2 heterocycles. The number of methoxy groups -OCH3 is 1. The first-order valence-electron chi connectivity index (χ1n) is 8.15. The second-order valence-electron chi connectivity index (χ2n) is 6.33. The predicted octanol–water partition coefficient (Wildman–Crippen LogP) is 2.23. The number of hydrogen-bond donors (Lipinski definition) is 1. The first-order chi connectivity index (χ1) is 11.5. The van der Waals surface area contributed by atoms with Crippen LogP contribution in [-0.4, -0.2) is 34.2 Å². The maximum Gasteiger partial charge on any atom is 0.273 e. The van der Waals surface area contributed by atoms with E-state index in [2.05, 4.69) is 20.5 Å². The van der Waals surface area contributed by atoms with Gasteiger partial charge in [-0.3, -0.25) is 4.79 Å². The molecule has 0 saturated heterocycles. The van der Waals surface area contributed by atoms with E-state index in [4.69, 9.17) is 9.15 Å². The van der Waals surface area contributed by atoms with Gasteiger partial charge >= 0.3 is 0 Å². The van der Waals surface area contributed by atoms with E-state index in [0.29, 0.717) is 29.1 Å². The molecule has 24 heavy (non-hydrogen) atoms. The summed E-state index contributed by atoms with van der Waals surface area (Å²) >= 11 is 0. The van der Waals surface area contributed by atoms with Crippen molar-refractivity contribution in [2.75, 3.05) is 7.11 Å². The summed E-state index contributed by atoms with van der Waals surface area (Å²) in [6.07, 6.45) is 5.32. The Hall–Kier alpha value is -2.44. The molecule has 0 unspecified atom stereocenters. The van der Waals surface area contributed by atoms with E-state index in [1.165, 1.54) is 0 Å². The van der Waals surface area contributed by atoms with Crippen LogP contribution < -0.4 is 10.1 Å². The lowest BCUT2D eigenvalue weighted by Crippen LogP contribution is -2.33. The molecule has 1 aliphatic carbocycles. The first-order valence-corrected chi connectivity index (χ1v) is 8.15. The Bertz CT molecular complexity index is 728. The zero-order valence-electron chi connectivity index (χ0n) is 14.2. The average Bonchev–Trinajstić information content (AvgIpc) is 3.16. The van der Waals surface area contributed by atoms with Crippen LogP contribution in [-0.2, 0) is 6.42 Å². The second-order valence-corrected chi connectivity index (χ2v) is 6.33. The van der Waals surface area contributed by atoms with Gasteiger partial charge in [0.1, 0.15) is 5.75 Å². The summed E-state index contributed by atoms with van der Waals surface area (Å²) in [5, 5.41) is 11.0. The van der Waals surface area contributed by atoms with E-state index in [9.17, 15) is 4.79 Å². The number of pyridine rings is 1. The number of amides is 1. The Kier molecular flexibility index (Phi) is 4.78. The largest absolute Gasteiger partial charge is 0.494 e. The highest BCUT2D eigenvalue weighted by Gasteiger charge is 2.28. The average molecular weight is 330 g/mol. The number of carbonyl (C=O) groups is 1. The Morgan fingerprint density at radius 1 is 1.38 bits per heavy atom. The number of aryl methyl sites for hydroxylation is 2. The number of ether oxygens (including phenoxy) is 1. The topological polar surface area (TPSA) is 90.1 Å². The van der Waals surface area contributed by atoms with Crippen molar-refractivity contribution >= 4 is 5.91 Å². The molecule has 3 rings (SSSR count). The molecule has 1 saturated carbocycles. The van der Waals surface area contributed by atoms with Gasteiger partial charge in [-0.25, -0.2) is 4.98 Å². The highest BCUT2D eigenvalue weighted by molar-refractivity contribution is 5.95. The molecule has 1 amide bonds. The summed E-state index contributed by atoms with van der Waals surface area (Å²) in [4.78, 5) is 16.7. The Labute approximate surface area is 140 Å². The van der Waals surface area contributed by atoms with Gasteiger partial charge in [0.2, 0.25) is 11.8 Å². The fourth-order valence-electron chi connectivity index (χ4n) is 3.18. The molecule has 2 atom stereocenters. The van der Waals surface area contributed by atoms with Gasteiger partial charge in [-0.15, -0.1) is 10.2 Å². The van der Waals surface area contributed by atoms with Crippen molar-refractivity contribution in [3.63, 3.8) is 0 Å². The summed E-state index contributed by atoms with van der Waals surface area (Å²) in [5.41, 5.74) is 1.29. The molecule has 0 aliphatic heterocycles. The van der Waals surface area contributed by atoms with Crippen LogP contribution in [0.5, 0.6) is 5.75 Å². The van der Waals surface area contributed by atoms with Crippen molar-refractivity contribution in [1.82, 2.24) is 20.5 Å². The van der Waals surface area contributed by atoms with Crippen LogP contribution in [0.15, 0.2) is 16.7 Å². The van der Waals surface area contributed by atoms with E-state index in [0.717, 1.165) is 31.2 Å². The Balaban J connectivity index is 1.58. The van der Waals surface area contributed by atoms with E-state index in [1.807, 2.05) is 13.0 Å². The van der Waals surface area contributed by atoms with Gasteiger partial charge in [0.25, 0.3) is 5.91 Å². The summed E-state index contributed by atoms with van der Waals surface area (Å²) in [6, 6.07) is 1.96. The highest BCUT2D eigenvalue weighted by atomic mass is 16.5. The van der Waals surface area contributed by atoms with E-state index < -0.39 is 0 Å². The van der Waals surface area contributed by atoms with E-state index in [1.54, 1.807) is 20.2 Å². The first kappa shape index (κ1) is 16.4. The van der Waals surface area contributed by atoms with Gasteiger partial charge < -0.3 is 14.5 Å². The standard InChI is InChI=1S/C17H22N4O3/c1-10-6-14(23-3)16(18-9-10)17(22)19-13-5-4-12(7-13)8-15-21-20-11(2)24-15/h6,9,12-13H,4-5,7-8H2,1-3H3,(H,19,22)/t12-,13+/m1/s1. The van der Waals surface area contributed by atoms with Crippen molar-refractivity contribution in [3.8, 4) is 5.75 Å². The summed E-state index contributed by atoms with van der Waals surface area (Å²) in [5.74, 6) is 2.02. The number of hydrogen-bond acceptors (Lipinski definition) is 6. The Morgan fingerprint density at radius 3 is 2.92 bits per heavy atom. The summed E-state index contributed by atoms with van der Waals surface area (Å²) in [6.45, 7) is 3.70. The fraction of sp³-hybridized carbons (Fsp3) is 0.529. The van der Waals surface area contributed by atoms with E-state index in [-0.39, 0.29) is 11.9 Å². The van der Waals surface area contributed by atoms with Gasteiger partial charge in [-0.1, -0.05) is 0 Å². The number of carbonyl (C=O) groups excluding carboxylic acids is 1. The molecule has 0 radical (unpaired) electrons. The van der Waals surface area contributed by atoms with Crippen molar-refractivity contribution in [3.05, 3.63) is 35.3 Å². The van der Waals surface area contributed by atoms with Crippen molar-refractivity contribution in [2.24, 2.45) is 5.92 Å². The normalized spacial score (nSPS) is 20.1. The molecule has 1 aliphatic rings. The summed E-state index contributed by atoms with van der Waals surface area (Å²) < 4.78 is 10.7. The number of aromatic nitrogens is 3. The van der Waals surface area contributed by atoms with Gasteiger partial charge in [0.15, 0.2) is 5.69 Å². The van der Waals surface area contributed by atoms with Crippen molar-refractivity contribution in [2.45, 2.75) is 45.6 Å². The maximum absolute atomic E-state index is 12.5. The molecule has 128 valence electrons. The van der Waals surface area contributed by atoms with Crippen LogP contribution in [0.25, 0.3) is 0 Å². The third-order valence-corrected chi connectivity index (χ3v) is 4.33. The van der Waals surface area contributed by atoms with Gasteiger partial charge in [-0.05, 0) is 43.7 Å². The lowest BCUT2D eigenvalue weighted by atomic mass is 10.0. The lowest BCUT2D eigenvalue weighted by molar-refractivity contribution is 0.0928. The summed E-state index contributed by atoms with van der Waals surface area (Å²) in [7, 11) is 1.55. The smallest absolute Gasteiger partial charge is 0.273 e. The highest BCUT2D eigenvalue weighted by Crippen LogP contribution is 2.29. The molecular weight excluding hydrogens is 308 g/mol. The molecular formula is C17H22N4O3. The van der Waals surface area contributed by atoms with Crippen molar-refractivity contribution < 1.29 is 13.9 Å². The second kappa shape index (κ2) is 6.98. The molecule has 0 spiro atoms. The Morgan fingerprint density at radius 2 is 2.21 bits per heavy atom. The molecule has 0 aromatic carbocycles. The molecule has 1 N–H and O–H groups in total. The number of rotatable bonds is 5. The lowest BCUT2D eigenvalue weighted by Gasteiger charge is -2.14. The van der Waals surface area contributed by atoms with Crippen molar-refractivity contribution in [1.29, 1.82) is 0 Å². The predicted molar refractivity (Wildman–Crippen MR) is 86.9 cm³/mol. The minimum absolute atomic E-state index is 0.138. The van der Waals surface area contributed by atoms with E-state index >= 15 is 0 Å². The maximum atomic E-state index is 12.5. The minimum atomic E-state index is -0.189. The zero-order valence-corrected chi connectivity index (χ0v) is 14.2.